The smallest absolute Gasteiger partial charge is 0.408 e. The first kappa shape index (κ1) is 24.8. The topological polar surface area (TPSA) is 131 Å². The molecule has 0 spiro atoms. The number of esters is 1. The van der Waals surface area contributed by atoms with Crippen molar-refractivity contribution in [3.8, 4) is 11.1 Å². The van der Waals surface area contributed by atoms with Gasteiger partial charge in [-0.25, -0.2) is 9.59 Å². The zero-order valence-electron chi connectivity index (χ0n) is 19.3. The first-order valence-electron chi connectivity index (χ1n) is 10.9. The predicted molar refractivity (Wildman–Crippen MR) is 123 cm³/mol. The van der Waals surface area contributed by atoms with Gasteiger partial charge in [0.25, 0.3) is 0 Å². The van der Waals surface area contributed by atoms with Gasteiger partial charge in [-0.3, -0.25) is 9.59 Å². The van der Waals surface area contributed by atoms with Crippen molar-refractivity contribution in [2.45, 2.75) is 44.2 Å². The van der Waals surface area contributed by atoms with Crippen molar-refractivity contribution < 1.29 is 33.8 Å². The number of rotatable bonds is 9. The molecule has 2 aromatic rings. The van der Waals surface area contributed by atoms with Gasteiger partial charge in [0.1, 0.15) is 18.2 Å². The lowest BCUT2D eigenvalue weighted by Crippen LogP contribution is -2.58. The molecule has 0 saturated heterocycles. The number of hydrogen-bond acceptors (Lipinski definition) is 6. The highest BCUT2D eigenvalue weighted by Crippen LogP contribution is 2.44. The molecule has 9 heteroatoms. The molecule has 180 valence electrons. The number of benzene rings is 2. The highest BCUT2D eigenvalue weighted by molar-refractivity contribution is 5.92. The number of carbonyl (C=O) groups excluding carboxylic acids is 3. The summed E-state index contributed by atoms with van der Waals surface area (Å²) in [6.07, 6.45) is -1.12. The summed E-state index contributed by atoms with van der Waals surface area (Å²) in [6, 6.07) is 14.5. The molecular formula is C25H28N2O7. The van der Waals surface area contributed by atoms with Gasteiger partial charge >= 0.3 is 18.0 Å². The van der Waals surface area contributed by atoms with Crippen molar-refractivity contribution in [3.05, 3.63) is 59.7 Å². The molecule has 9 nitrogen and oxygen atoms in total. The quantitative estimate of drug-likeness (QED) is 0.482. The SMILES string of the molecule is COC(=O)CC[C@H](NC(=O)C(C)(C)NC(=O)OCC1c2ccccc2-c2ccccc21)C(=O)O. The standard InChI is InChI=1S/C25H28N2O7/c1-25(2,23(31)26-20(22(29)30)12-13-21(28)33-3)27-24(32)34-14-19-17-10-6-4-8-15(17)16-9-5-7-11-18(16)19/h4-11,19-20H,12-14H2,1-3H3,(H,26,31)(H,27,32)(H,29,30)/t20-/m0/s1. The lowest BCUT2D eigenvalue weighted by Gasteiger charge is -2.27. The summed E-state index contributed by atoms with van der Waals surface area (Å²) in [5.41, 5.74) is 2.85. The van der Waals surface area contributed by atoms with Crippen LogP contribution in [0.1, 0.15) is 43.7 Å². The van der Waals surface area contributed by atoms with Gasteiger partial charge in [0, 0.05) is 12.3 Å². The Bertz CT molecular complexity index is 1050. The summed E-state index contributed by atoms with van der Waals surface area (Å²) in [6.45, 7) is 2.94. The third kappa shape index (κ3) is 5.54. The first-order chi connectivity index (χ1) is 16.1. The monoisotopic (exact) mass is 468 g/mol. The minimum atomic E-state index is -1.46. The molecule has 0 saturated carbocycles. The van der Waals surface area contributed by atoms with Crippen LogP contribution >= 0.6 is 0 Å². The minimum Gasteiger partial charge on any atom is -0.480 e. The number of nitrogens with one attached hydrogen (secondary N) is 2. The van der Waals surface area contributed by atoms with Crippen LogP contribution in [0.4, 0.5) is 4.79 Å². The van der Waals surface area contributed by atoms with Crippen LogP contribution in [0, 0.1) is 0 Å². The van der Waals surface area contributed by atoms with Gasteiger partial charge in [0.05, 0.1) is 7.11 Å². The van der Waals surface area contributed by atoms with Gasteiger partial charge in [0.15, 0.2) is 0 Å². The predicted octanol–water partition coefficient (Wildman–Crippen LogP) is 2.83. The number of hydrogen-bond donors (Lipinski definition) is 3. The molecule has 0 aliphatic heterocycles. The molecule has 2 amide bonds. The number of ether oxygens (including phenoxy) is 2. The second kappa shape index (κ2) is 10.4. The van der Waals surface area contributed by atoms with Crippen molar-refractivity contribution in [1.29, 1.82) is 0 Å². The Hall–Kier alpha value is -3.88. The van der Waals surface area contributed by atoms with Crippen LogP contribution < -0.4 is 10.6 Å². The van der Waals surface area contributed by atoms with Crippen LogP contribution in [-0.2, 0) is 23.9 Å². The summed E-state index contributed by atoms with van der Waals surface area (Å²) in [5.74, 6) is -2.74. The van der Waals surface area contributed by atoms with Crippen LogP contribution in [0.25, 0.3) is 11.1 Å². The van der Waals surface area contributed by atoms with Crippen LogP contribution in [0.3, 0.4) is 0 Å². The summed E-state index contributed by atoms with van der Waals surface area (Å²) in [4.78, 5) is 47.9. The van der Waals surface area contributed by atoms with Gasteiger partial charge in [-0.05, 0) is 42.5 Å². The average Bonchev–Trinajstić information content (AvgIpc) is 3.13. The van der Waals surface area contributed by atoms with Crippen molar-refractivity contribution >= 4 is 23.9 Å². The number of fused-ring (bicyclic) bond motifs is 3. The van der Waals surface area contributed by atoms with Gasteiger partial charge in [-0.1, -0.05) is 48.5 Å². The first-order valence-corrected chi connectivity index (χ1v) is 10.9. The molecule has 3 N–H and O–H groups in total. The van der Waals surface area contributed by atoms with E-state index in [0.717, 1.165) is 22.3 Å². The van der Waals surface area contributed by atoms with Crippen LogP contribution in [0.2, 0.25) is 0 Å². The third-order valence-corrected chi connectivity index (χ3v) is 5.79. The largest absolute Gasteiger partial charge is 0.480 e. The zero-order chi connectivity index (χ0) is 24.9. The number of methoxy groups -OCH3 is 1. The highest BCUT2D eigenvalue weighted by atomic mass is 16.5. The van der Waals surface area contributed by atoms with Crippen LogP contribution in [0.5, 0.6) is 0 Å². The van der Waals surface area contributed by atoms with E-state index in [4.69, 9.17) is 4.74 Å². The van der Waals surface area contributed by atoms with E-state index < -0.39 is 35.5 Å². The average molecular weight is 469 g/mol. The van der Waals surface area contributed by atoms with Crippen molar-refractivity contribution in [2.75, 3.05) is 13.7 Å². The number of aliphatic carboxylic acids is 1. The molecule has 1 aliphatic rings. The Kier molecular flexibility index (Phi) is 7.55. The van der Waals surface area contributed by atoms with E-state index >= 15 is 0 Å². The Morgan fingerprint density at radius 1 is 1.00 bits per heavy atom. The van der Waals surface area contributed by atoms with E-state index in [9.17, 15) is 24.3 Å². The molecule has 0 aromatic heterocycles. The van der Waals surface area contributed by atoms with Gasteiger partial charge in [-0.2, -0.15) is 0 Å². The van der Waals surface area contributed by atoms with Crippen LogP contribution in [-0.4, -0.2) is 54.3 Å². The fourth-order valence-corrected chi connectivity index (χ4v) is 3.91. The summed E-state index contributed by atoms with van der Waals surface area (Å²) < 4.78 is 9.96. The Morgan fingerprint density at radius 2 is 1.56 bits per heavy atom. The van der Waals surface area contributed by atoms with Crippen molar-refractivity contribution in [2.24, 2.45) is 0 Å². The second-order valence-corrected chi connectivity index (χ2v) is 8.55. The fraction of sp³-hybridized carbons (Fsp3) is 0.360. The van der Waals surface area contributed by atoms with E-state index in [1.54, 1.807) is 0 Å². The normalized spacial score (nSPS) is 13.3. The van der Waals surface area contributed by atoms with E-state index in [-0.39, 0.29) is 25.4 Å². The number of carboxylic acid groups (broad SMARTS) is 1. The molecule has 0 bridgehead atoms. The molecule has 0 radical (unpaired) electrons. The zero-order valence-corrected chi connectivity index (χ0v) is 19.3. The Morgan fingerprint density at radius 3 is 2.09 bits per heavy atom. The lowest BCUT2D eigenvalue weighted by atomic mass is 9.98. The molecule has 1 aliphatic carbocycles. The number of carbonyl (C=O) groups is 4. The fourth-order valence-electron chi connectivity index (χ4n) is 3.91. The van der Waals surface area contributed by atoms with Crippen LogP contribution in [0.15, 0.2) is 48.5 Å². The maximum Gasteiger partial charge on any atom is 0.408 e. The van der Waals surface area contributed by atoms with Gasteiger partial charge < -0.3 is 25.2 Å². The second-order valence-electron chi connectivity index (χ2n) is 8.55. The summed E-state index contributed by atoms with van der Waals surface area (Å²) in [7, 11) is 1.19. The maximum absolute atomic E-state index is 12.7. The summed E-state index contributed by atoms with van der Waals surface area (Å²) >= 11 is 0. The highest BCUT2D eigenvalue weighted by Gasteiger charge is 2.34. The molecular weight excluding hydrogens is 440 g/mol. The summed E-state index contributed by atoms with van der Waals surface area (Å²) in [5, 5.41) is 14.2. The molecule has 3 rings (SSSR count). The van der Waals surface area contributed by atoms with Crippen molar-refractivity contribution in [1.82, 2.24) is 10.6 Å². The lowest BCUT2D eigenvalue weighted by molar-refractivity contribution is -0.144. The number of carboxylic acids is 1. The molecule has 2 aromatic carbocycles. The van der Waals surface area contributed by atoms with E-state index in [0.29, 0.717) is 0 Å². The molecule has 0 heterocycles. The maximum atomic E-state index is 12.7. The van der Waals surface area contributed by atoms with Gasteiger partial charge in [-0.15, -0.1) is 0 Å². The van der Waals surface area contributed by atoms with E-state index in [2.05, 4.69) is 15.4 Å². The number of alkyl carbamates (subject to hydrolysis) is 1. The molecule has 1 atom stereocenters. The van der Waals surface area contributed by atoms with E-state index in [1.807, 2.05) is 48.5 Å². The van der Waals surface area contributed by atoms with Gasteiger partial charge in [0.2, 0.25) is 5.91 Å². The third-order valence-electron chi connectivity index (χ3n) is 5.79. The van der Waals surface area contributed by atoms with Crippen molar-refractivity contribution in [3.63, 3.8) is 0 Å². The van der Waals surface area contributed by atoms with E-state index in [1.165, 1.54) is 21.0 Å². The molecule has 0 unspecified atom stereocenters. The Balaban J connectivity index is 1.60. The molecule has 0 fully saturated rings. The Labute approximate surface area is 197 Å². The minimum absolute atomic E-state index is 0.0778. The number of amides is 2. The molecule has 34 heavy (non-hydrogen) atoms.